The fraction of sp³-hybridized carbons (Fsp3) is 0.588. The van der Waals surface area contributed by atoms with E-state index in [2.05, 4.69) is 12.1 Å². The summed E-state index contributed by atoms with van der Waals surface area (Å²) < 4.78 is 5.90. The summed E-state index contributed by atoms with van der Waals surface area (Å²) in [6.07, 6.45) is 7.53. The van der Waals surface area contributed by atoms with Gasteiger partial charge in [0.05, 0.1) is 6.61 Å². The molecule has 0 spiro atoms. The number of aryl methyl sites for hydroxylation is 2. The minimum atomic E-state index is 0.128. The zero-order valence-corrected chi connectivity index (χ0v) is 13.5. The molecular weight excluding hydrogens is 264 g/mol. The Labute approximate surface area is 128 Å². The number of unbranched alkanes of at least 4 members (excludes halogenated alkanes) is 5. The highest BCUT2D eigenvalue weighted by molar-refractivity contribution is 5.97. The number of ether oxygens (including phenoxy) is 1. The monoisotopic (exact) mass is 292 g/mol. The van der Waals surface area contributed by atoms with Crippen molar-refractivity contribution in [3.8, 4) is 5.75 Å². The van der Waals surface area contributed by atoms with Crippen molar-refractivity contribution >= 4 is 5.84 Å². The van der Waals surface area contributed by atoms with E-state index in [1.165, 1.54) is 32.1 Å². The molecule has 4 nitrogen and oxygen atoms in total. The van der Waals surface area contributed by atoms with E-state index in [1.54, 1.807) is 0 Å². The fourth-order valence-corrected chi connectivity index (χ4v) is 2.44. The lowest BCUT2D eigenvalue weighted by Crippen LogP contribution is -2.14. The van der Waals surface area contributed by atoms with E-state index in [0.29, 0.717) is 0 Å². The van der Waals surface area contributed by atoms with Crippen LogP contribution in [0.15, 0.2) is 17.3 Å². The predicted octanol–water partition coefficient (Wildman–Crippen LogP) is 4.14. The maximum Gasteiger partial charge on any atom is 0.170 e. The van der Waals surface area contributed by atoms with Gasteiger partial charge in [-0.1, -0.05) is 44.2 Å². The third-order valence-corrected chi connectivity index (χ3v) is 3.61. The van der Waals surface area contributed by atoms with Crippen LogP contribution in [0.4, 0.5) is 0 Å². The van der Waals surface area contributed by atoms with Crippen LogP contribution in [0.5, 0.6) is 5.75 Å². The molecule has 0 amide bonds. The van der Waals surface area contributed by atoms with E-state index in [0.717, 1.165) is 35.5 Å². The number of amidine groups is 1. The standard InChI is InChI=1S/C17H28N2O2/c1-4-5-6-7-8-9-10-21-16-13(2)11-15(12-14(16)3)17(18)19-20/h11-12,20H,4-10H2,1-3H3,(H2,18,19). The van der Waals surface area contributed by atoms with Crippen LogP contribution in [0.25, 0.3) is 0 Å². The second kappa shape index (κ2) is 9.27. The molecule has 4 heteroatoms. The summed E-state index contributed by atoms with van der Waals surface area (Å²) in [6.45, 7) is 6.94. The molecule has 0 bridgehead atoms. The van der Waals surface area contributed by atoms with Crippen LogP contribution >= 0.6 is 0 Å². The highest BCUT2D eigenvalue weighted by Gasteiger charge is 2.08. The first kappa shape index (κ1) is 17.3. The van der Waals surface area contributed by atoms with Crippen molar-refractivity contribution < 1.29 is 9.94 Å². The van der Waals surface area contributed by atoms with Crippen LogP contribution in [0.3, 0.4) is 0 Å². The molecule has 1 aromatic carbocycles. The van der Waals surface area contributed by atoms with Crippen LogP contribution in [0, 0.1) is 13.8 Å². The Morgan fingerprint density at radius 2 is 1.67 bits per heavy atom. The highest BCUT2D eigenvalue weighted by Crippen LogP contribution is 2.25. The average Bonchev–Trinajstić information content (AvgIpc) is 2.47. The van der Waals surface area contributed by atoms with Crippen molar-refractivity contribution in [2.24, 2.45) is 10.9 Å². The number of benzene rings is 1. The van der Waals surface area contributed by atoms with Gasteiger partial charge in [-0.15, -0.1) is 0 Å². The molecule has 3 N–H and O–H groups in total. The van der Waals surface area contributed by atoms with Gasteiger partial charge in [-0.3, -0.25) is 0 Å². The van der Waals surface area contributed by atoms with Crippen LogP contribution in [0.1, 0.15) is 62.1 Å². The van der Waals surface area contributed by atoms with Gasteiger partial charge >= 0.3 is 0 Å². The molecule has 0 heterocycles. The normalized spacial score (nSPS) is 11.7. The molecule has 0 fully saturated rings. The van der Waals surface area contributed by atoms with Crippen molar-refractivity contribution in [1.82, 2.24) is 0 Å². The Bertz CT molecular complexity index is 447. The highest BCUT2D eigenvalue weighted by atomic mass is 16.5. The number of nitrogens with two attached hydrogens (primary N) is 1. The lowest BCUT2D eigenvalue weighted by Gasteiger charge is -2.13. The SMILES string of the molecule is CCCCCCCCOc1c(C)cc(C(N)=NO)cc1C. The summed E-state index contributed by atoms with van der Waals surface area (Å²) in [5, 5.41) is 11.8. The van der Waals surface area contributed by atoms with Gasteiger partial charge in [-0.05, 0) is 43.5 Å². The minimum Gasteiger partial charge on any atom is -0.493 e. The Morgan fingerprint density at radius 1 is 1.10 bits per heavy atom. The first-order valence-electron chi connectivity index (χ1n) is 7.82. The fourth-order valence-electron chi connectivity index (χ4n) is 2.44. The summed E-state index contributed by atoms with van der Waals surface area (Å²) in [7, 11) is 0. The van der Waals surface area contributed by atoms with Gasteiger partial charge in [0.15, 0.2) is 5.84 Å². The smallest absolute Gasteiger partial charge is 0.170 e. The van der Waals surface area contributed by atoms with Gasteiger partial charge in [0.25, 0.3) is 0 Å². The van der Waals surface area contributed by atoms with E-state index >= 15 is 0 Å². The van der Waals surface area contributed by atoms with Crippen LogP contribution in [-0.4, -0.2) is 17.6 Å². The maximum absolute atomic E-state index is 8.73. The quantitative estimate of drug-likeness (QED) is 0.236. The van der Waals surface area contributed by atoms with Crippen molar-refractivity contribution in [2.45, 2.75) is 59.3 Å². The van der Waals surface area contributed by atoms with Gasteiger partial charge in [0.2, 0.25) is 0 Å². The molecule has 21 heavy (non-hydrogen) atoms. The topological polar surface area (TPSA) is 67.8 Å². The van der Waals surface area contributed by atoms with E-state index in [9.17, 15) is 0 Å². The molecule has 1 rings (SSSR count). The van der Waals surface area contributed by atoms with Crippen LogP contribution in [-0.2, 0) is 0 Å². The van der Waals surface area contributed by atoms with Crippen molar-refractivity contribution in [3.05, 3.63) is 28.8 Å². The van der Waals surface area contributed by atoms with Crippen molar-refractivity contribution in [2.75, 3.05) is 6.61 Å². The molecule has 0 aromatic heterocycles. The number of hydrogen-bond donors (Lipinski definition) is 2. The first-order chi connectivity index (χ1) is 10.1. The molecule has 0 aliphatic heterocycles. The van der Waals surface area contributed by atoms with E-state index < -0.39 is 0 Å². The molecule has 118 valence electrons. The molecule has 1 aromatic rings. The Morgan fingerprint density at radius 3 is 2.24 bits per heavy atom. The molecular formula is C17H28N2O2. The summed E-state index contributed by atoms with van der Waals surface area (Å²) in [4.78, 5) is 0. The lowest BCUT2D eigenvalue weighted by molar-refractivity contribution is 0.300. The van der Waals surface area contributed by atoms with Crippen LogP contribution < -0.4 is 10.5 Å². The van der Waals surface area contributed by atoms with Gasteiger partial charge in [-0.25, -0.2) is 0 Å². The van der Waals surface area contributed by atoms with E-state index in [-0.39, 0.29) is 5.84 Å². The van der Waals surface area contributed by atoms with Gasteiger partial charge in [0.1, 0.15) is 5.75 Å². The zero-order valence-electron chi connectivity index (χ0n) is 13.5. The number of hydrogen-bond acceptors (Lipinski definition) is 3. The van der Waals surface area contributed by atoms with Gasteiger partial charge < -0.3 is 15.7 Å². The van der Waals surface area contributed by atoms with Crippen molar-refractivity contribution in [3.63, 3.8) is 0 Å². The van der Waals surface area contributed by atoms with E-state index in [4.69, 9.17) is 15.7 Å². The third-order valence-electron chi connectivity index (χ3n) is 3.61. The molecule has 0 aliphatic carbocycles. The molecule has 0 saturated carbocycles. The summed E-state index contributed by atoms with van der Waals surface area (Å²) >= 11 is 0. The average molecular weight is 292 g/mol. The minimum absolute atomic E-state index is 0.128. The second-order valence-corrected chi connectivity index (χ2v) is 5.54. The predicted molar refractivity (Wildman–Crippen MR) is 87.3 cm³/mol. The molecule has 0 unspecified atom stereocenters. The largest absolute Gasteiger partial charge is 0.493 e. The zero-order chi connectivity index (χ0) is 15.7. The first-order valence-corrected chi connectivity index (χ1v) is 7.82. The number of nitrogens with zero attached hydrogens (tertiary/aromatic N) is 1. The summed E-state index contributed by atoms with van der Waals surface area (Å²) in [6, 6.07) is 3.78. The van der Waals surface area contributed by atoms with Crippen molar-refractivity contribution in [1.29, 1.82) is 0 Å². The number of oxime groups is 1. The van der Waals surface area contributed by atoms with Gasteiger partial charge in [-0.2, -0.15) is 0 Å². The summed E-state index contributed by atoms with van der Waals surface area (Å²) in [5.41, 5.74) is 8.38. The van der Waals surface area contributed by atoms with Crippen LogP contribution in [0.2, 0.25) is 0 Å². The summed E-state index contributed by atoms with van der Waals surface area (Å²) in [5.74, 6) is 1.04. The molecule has 0 aliphatic rings. The lowest BCUT2D eigenvalue weighted by atomic mass is 10.0. The third kappa shape index (κ3) is 5.66. The molecule has 0 atom stereocenters. The van der Waals surface area contributed by atoms with E-state index in [1.807, 2.05) is 26.0 Å². The Kier molecular flexibility index (Phi) is 7.65. The second-order valence-electron chi connectivity index (χ2n) is 5.54. The Balaban J connectivity index is 2.49. The van der Waals surface area contributed by atoms with Gasteiger partial charge in [0, 0.05) is 5.56 Å². The number of rotatable bonds is 9. The Hall–Kier alpha value is -1.71. The maximum atomic E-state index is 8.73. The molecule has 0 radical (unpaired) electrons. The molecule has 0 saturated heterocycles.